The van der Waals surface area contributed by atoms with Gasteiger partial charge < -0.3 is 14.6 Å². The van der Waals surface area contributed by atoms with Crippen molar-refractivity contribution in [2.45, 2.75) is 26.9 Å². The zero-order valence-corrected chi connectivity index (χ0v) is 21.0. The number of carbonyl (C=O) groups is 2. The number of ether oxygens (including phenoxy) is 2. The van der Waals surface area contributed by atoms with Crippen LogP contribution in [-0.2, 0) is 14.3 Å². The molecule has 1 aliphatic carbocycles. The number of carboxylic acid groups (broad SMARTS) is 1. The van der Waals surface area contributed by atoms with Gasteiger partial charge in [-0.05, 0) is 67.5 Å². The Kier molecular flexibility index (Phi) is 9.05. The lowest BCUT2D eigenvalue weighted by Gasteiger charge is -2.13. The van der Waals surface area contributed by atoms with E-state index in [9.17, 15) is 10.1 Å². The first-order valence-electron chi connectivity index (χ1n) is 9.71. The fourth-order valence-electron chi connectivity index (χ4n) is 3.30. The third kappa shape index (κ3) is 7.21. The van der Waals surface area contributed by atoms with Gasteiger partial charge in [-0.15, -0.1) is 0 Å². The fourth-order valence-corrected chi connectivity index (χ4v) is 3.87. The lowest BCUT2D eigenvalue weighted by atomic mass is 10.1. The standard InChI is InChI=1S/C22H19Br2NO3.C2H4O2/c1-22(2)17(12-19(23)24)20(22)21(26)28-18(13-25)14-7-6-10-16(11-14)27-15-8-4-3-5-9-15;1-2(3)4/h3-12,17-18,20H,1-2H3;1H3,(H,3,4)/t17-,18+,20-;/m0./s1. The van der Waals surface area contributed by atoms with Crippen LogP contribution < -0.4 is 4.74 Å². The Labute approximate surface area is 204 Å². The van der Waals surface area contributed by atoms with E-state index in [-0.39, 0.29) is 23.2 Å². The number of carbonyl (C=O) groups excluding carboxylic acids is 1. The van der Waals surface area contributed by atoms with Crippen LogP contribution in [0.2, 0.25) is 0 Å². The number of halogens is 2. The van der Waals surface area contributed by atoms with Gasteiger partial charge in [0.25, 0.3) is 5.97 Å². The average Bonchev–Trinajstić information content (AvgIpc) is 3.25. The van der Waals surface area contributed by atoms with E-state index in [4.69, 9.17) is 19.4 Å². The molecule has 1 aliphatic rings. The van der Waals surface area contributed by atoms with Crippen LogP contribution in [0, 0.1) is 28.6 Å². The summed E-state index contributed by atoms with van der Waals surface area (Å²) in [6.45, 7) is 5.11. The number of hydrogen-bond donors (Lipinski definition) is 1. The molecule has 168 valence electrons. The Morgan fingerprint density at radius 3 is 2.28 bits per heavy atom. The maximum absolute atomic E-state index is 12.7. The quantitative estimate of drug-likeness (QED) is 0.398. The SMILES string of the molecule is CC(=O)O.CC1(C)[C@H](C(=O)O[C@H](C#N)c2cccc(Oc3ccccc3)c2)[C@@H]1C=C(Br)Br. The molecule has 0 heterocycles. The zero-order chi connectivity index (χ0) is 23.9. The van der Waals surface area contributed by atoms with E-state index in [1.54, 1.807) is 24.3 Å². The number of nitrogens with zero attached hydrogens (tertiary/aromatic N) is 1. The highest BCUT2D eigenvalue weighted by molar-refractivity contribution is 9.28. The van der Waals surface area contributed by atoms with Crippen LogP contribution in [0.25, 0.3) is 0 Å². The van der Waals surface area contributed by atoms with Crippen LogP contribution in [0.15, 0.2) is 64.1 Å². The summed E-state index contributed by atoms with van der Waals surface area (Å²) in [6, 6.07) is 18.5. The van der Waals surface area contributed by atoms with Crippen molar-refractivity contribution >= 4 is 43.8 Å². The Balaban J connectivity index is 0.000000837. The summed E-state index contributed by atoms with van der Waals surface area (Å²) in [4.78, 5) is 21.7. The van der Waals surface area contributed by atoms with Gasteiger partial charge in [0.2, 0.25) is 6.10 Å². The Hall–Kier alpha value is -2.63. The highest BCUT2D eigenvalue weighted by Gasteiger charge is 2.61. The summed E-state index contributed by atoms with van der Waals surface area (Å²) in [5.74, 6) is -0.151. The summed E-state index contributed by atoms with van der Waals surface area (Å²) in [5.41, 5.74) is 0.374. The molecule has 6 nitrogen and oxygen atoms in total. The topological polar surface area (TPSA) is 96.6 Å². The van der Waals surface area contributed by atoms with Crippen LogP contribution in [0.5, 0.6) is 11.5 Å². The van der Waals surface area contributed by atoms with E-state index < -0.39 is 12.1 Å². The van der Waals surface area contributed by atoms with Gasteiger partial charge in [0.15, 0.2) is 0 Å². The van der Waals surface area contributed by atoms with Crippen molar-refractivity contribution in [3.8, 4) is 17.6 Å². The molecule has 3 atom stereocenters. The van der Waals surface area contributed by atoms with Gasteiger partial charge in [-0.1, -0.05) is 50.3 Å². The normalized spacial score (nSPS) is 18.6. The van der Waals surface area contributed by atoms with Crippen molar-refractivity contribution in [1.82, 2.24) is 0 Å². The number of allylic oxidation sites excluding steroid dienone is 1. The van der Waals surface area contributed by atoms with Crippen LogP contribution in [0.4, 0.5) is 0 Å². The number of esters is 1. The van der Waals surface area contributed by atoms with E-state index in [1.807, 2.05) is 50.3 Å². The first kappa shape index (κ1) is 25.6. The molecule has 0 aromatic heterocycles. The third-order valence-electron chi connectivity index (χ3n) is 4.96. The summed E-state index contributed by atoms with van der Waals surface area (Å²) in [6.07, 6.45) is 0.960. The molecule has 3 rings (SSSR count). The molecular formula is C24H23Br2NO5. The summed E-state index contributed by atoms with van der Waals surface area (Å²) in [7, 11) is 0. The van der Waals surface area contributed by atoms with Crippen LogP contribution in [0.3, 0.4) is 0 Å². The number of aliphatic carboxylic acids is 1. The molecule has 0 unspecified atom stereocenters. The summed E-state index contributed by atoms with van der Waals surface area (Å²) < 4.78 is 12.2. The Bertz CT molecular complexity index is 1020. The van der Waals surface area contributed by atoms with E-state index in [0.717, 1.165) is 10.3 Å². The Morgan fingerprint density at radius 1 is 1.12 bits per heavy atom. The highest BCUT2D eigenvalue weighted by atomic mass is 79.9. The number of hydrogen-bond acceptors (Lipinski definition) is 5. The van der Waals surface area contributed by atoms with Crippen molar-refractivity contribution in [3.05, 3.63) is 69.6 Å². The summed E-state index contributed by atoms with van der Waals surface area (Å²) in [5, 5.41) is 17.0. The number of carboxylic acids is 1. The van der Waals surface area contributed by atoms with E-state index >= 15 is 0 Å². The van der Waals surface area contributed by atoms with E-state index in [2.05, 4.69) is 37.9 Å². The number of nitriles is 1. The van der Waals surface area contributed by atoms with Gasteiger partial charge in [0.1, 0.15) is 17.6 Å². The average molecular weight is 565 g/mol. The minimum atomic E-state index is -0.986. The van der Waals surface area contributed by atoms with Crippen LogP contribution in [-0.4, -0.2) is 17.0 Å². The number of benzene rings is 2. The minimum Gasteiger partial charge on any atom is -0.481 e. The molecule has 1 saturated carbocycles. The van der Waals surface area contributed by atoms with Crippen molar-refractivity contribution in [1.29, 1.82) is 5.26 Å². The molecule has 1 fully saturated rings. The predicted molar refractivity (Wildman–Crippen MR) is 127 cm³/mol. The first-order chi connectivity index (χ1) is 15.1. The molecule has 1 N–H and O–H groups in total. The number of rotatable bonds is 6. The van der Waals surface area contributed by atoms with E-state index in [1.165, 1.54) is 0 Å². The second-order valence-corrected chi connectivity index (χ2v) is 10.5. The molecule has 0 spiro atoms. The molecule has 2 aromatic rings. The molecule has 8 heteroatoms. The van der Waals surface area contributed by atoms with Crippen molar-refractivity contribution in [2.75, 3.05) is 0 Å². The van der Waals surface area contributed by atoms with Crippen LogP contribution in [0.1, 0.15) is 32.4 Å². The lowest BCUT2D eigenvalue weighted by molar-refractivity contribution is -0.149. The monoisotopic (exact) mass is 563 g/mol. The Morgan fingerprint density at radius 2 is 1.72 bits per heavy atom. The van der Waals surface area contributed by atoms with Gasteiger partial charge in [0.05, 0.1) is 9.31 Å². The number of para-hydroxylation sites is 1. The second kappa shape index (κ2) is 11.3. The van der Waals surface area contributed by atoms with E-state index in [0.29, 0.717) is 17.1 Å². The molecule has 0 radical (unpaired) electrons. The maximum atomic E-state index is 12.7. The molecule has 0 saturated heterocycles. The van der Waals surface area contributed by atoms with Gasteiger partial charge in [-0.3, -0.25) is 9.59 Å². The molecule has 0 aliphatic heterocycles. The van der Waals surface area contributed by atoms with Crippen LogP contribution >= 0.6 is 31.9 Å². The minimum absolute atomic E-state index is 0.0563. The fraction of sp³-hybridized carbons (Fsp3) is 0.292. The predicted octanol–water partition coefficient (Wildman–Crippen LogP) is 6.58. The summed E-state index contributed by atoms with van der Waals surface area (Å²) >= 11 is 6.68. The molecule has 0 amide bonds. The maximum Gasteiger partial charge on any atom is 0.311 e. The third-order valence-corrected chi connectivity index (χ3v) is 5.49. The van der Waals surface area contributed by atoms with Gasteiger partial charge in [-0.2, -0.15) is 5.26 Å². The smallest absolute Gasteiger partial charge is 0.311 e. The first-order valence-corrected chi connectivity index (χ1v) is 11.3. The molecule has 0 bridgehead atoms. The highest BCUT2D eigenvalue weighted by Crippen LogP contribution is 2.60. The largest absolute Gasteiger partial charge is 0.481 e. The van der Waals surface area contributed by atoms with Gasteiger partial charge in [-0.25, -0.2) is 0 Å². The van der Waals surface area contributed by atoms with Gasteiger partial charge in [0, 0.05) is 12.5 Å². The molecule has 2 aromatic carbocycles. The molecule has 32 heavy (non-hydrogen) atoms. The zero-order valence-electron chi connectivity index (χ0n) is 17.8. The lowest BCUT2D eigenvalue weighted by Crippen LogP contribution is -2.14. The molecular weight excluding hydrogens is 542 g/mol. The van der Waals surface area contributed by atoms with Gasteiger partial charge >= 0.3 is 5.97 Å². The van der Waals surface area contributed by atoms with Crippen molar-refractivity contribution in [3.63, 3.8) is 0 Å². The second-order valence-electron chi connectivity index (χ2n) is 7.73. The van der Waals surface area contributed by atoms with Crippen molar-refractivity contribution < 1.29 is 24.2 Å². The van der Waals surface area contributed by atoms with Crippen molar-refractivity contribution in [2.24, 2.45) is 17.3 Å².